The van der Waals surface area contributed by atoms with Gasteiger partial charge in [-0.15, -0.1) is 0 Å². The van der Waals surface area contributed by atoms with Gasteiger partial charge in [0.15, 0.2) is 0 Å². The molecule has 6 heteroatoms. The van der Waals surface area contributed by atoms with Crippen LogP contribution in [-0.4, -0.2) is 17.6 Å². The van der Waals surface area contributed by atoms with E-state index in [0.29, 0.717) is 13.5 Å². The topological polar surface area (TPSA) is 40.5 Å². The Morgan fingerprint density at radius 2 is 1.85 bits per heavy atom. The molecule has 0 aromatic heterocycles. The Bertz CT molecular complexity index is 311. The number of halogens is 3. The Kier molecular flexibility index (Phi) is 2.51. The highest BCUT2D eigenvalue weighted by Gasteiger charge is 2.30. The van der Waals surface area contributed by atoms with Gasteiger partial charge in [-0.2, -0.15) is 13.2 Å². The summed E-state index contributed by atoms with van der Waals surface area (Å²) in [5.74, 6) is -0.600. The van der Waals surface area contributed by atoms with Gasteiger partial charge in [0.1, 0.15) is 5.75 Å². The predicted octanol–water partition coefficient (Wildman–Crippen LogP) is 0.648. The SMILES string of the molecule is O[B]c1ccc(C(F)(F)F)cc1O. The Morgan fingerprint density at radius 1 is 1.23 bits per heavy atom. The lowest BCUT2D eigenvalue weighted by molar-refractivity contribution is -0.137. The van der Waals surface area contributed by atoms with Crippen LogP contribution in [0.2, 0.25) is 0 Å². The van der Waals surface area contributed by atoms with Crippen molar-refractivity contribution in [1.82, 2.24) is 0 Å². The fourth-order valence-corrected chi connectivity index (χ4v) is 0.829. The molecule has 0 heterocycles. The lowest BCUT2D eigenvalue weighted by Crippen LogP contribution is -2.15. The average Bonchev–Trinajstić information content (AvgIpc) is 2.02. The van der Waals surface area contributed by atoms with Crippen molar-refractivity contribution in [2.75, 3.05) is 0 Å². The van der Waals surface area contributed by atoms with Crippen molar-refractivity contribution in [3.05, 3.63) is 23.8 Å². The summed E-state index contributed by atoms with van der Waals surface area (Å²) < 4.78 is 36.1. The maximum Gasteiger partial charge on any atom is 0.416 e. The molecule has 0 fully saturated rings. The minimum absolute atomic E-state index is 0.0481. The molecule has 0 saturated heterocycles. The predicted molar refractivity (Wildman–Crippen MR) is 40.7 cm³/mol. The van der Waals surface area contributed by atoms with E-state index in [0.717, 1.165) is 12.1 Å². The molecule has 1 rings (SSSR count). The van der Waals surface area contributed by atoms with Crippen LogP contribution in [0.4, 0.5) is 13.2 Å². The molecule has 2 N–H and O–H groups in total. The summed E-state index contributed by atoms with van der Waals surface area (Å²) in [5, 5.41) is 17.4. The van der Waals surface area contributed by atoms with Crippen LogP contribution < -0.4 is 5.46 Å². The summed E-state index contributed by atoms with van der Waals surface area (Å²) in [6.07, 6.45) is -4.48. The normalized spacial score (nSPS) is 11.4. The van der Waals surface area contributed by atoms with E-state index in [9.17, 15) is 13.2 Å². The van der Waals surface area contributed by atoms with Crippen molar-refractivity contribution in [3.8, 4) is 5.75 Å². The number of phenols is 1. The molecule has 0 aliphatic rings. The van der Waals surface area contributed by atoms with Crippen molar-refractivity contribution in [1.29, 1.82) is 0 Å². The third-order valence-corrected chi connectivity index (χ3v) is 1.50. The van der Waals surface area contributed by atoms with E-state index >= 15 is 0 Å². The Hall–Kier alpha value is -1.17. The number of rotatable bonds is 1. The molecule has 0 unspecified atom stereocenters. The molecule has 69 valence electrons. The van der Waals surface area contributed by atoms with Crippen LogP contribution in [0.3, 0.4) is 0 Å². The molecule has 0 spiro atoms. The molecule has 1 aromatic carbocycles. The average molecular weight is 189 g/mol. The van der Waals surface area contributed by atoms with Gasteiger partial charge >= 0.3 is 13.7 Å². The van der Waals surface area contributed by atoms with E-state index in [-0.39, 0.29) is 5.46 Å². The molecule has 0 atom stereocenters. The summed E-state index contributed by atoms with van der Waals surface area (Å²) in [4.78, 5) is 0. The maximum atomic E-state index is 12.0. The number of benzene rings is 1. The van der Waals surface area contributed by atoms with Crippen molar-refractivity contribution in [3.63, 3.8) is 0 Å². The number of phenolic OH excluding ortho intramolecular Hbond substituents is 1. The first-order valence-electron chi connectivity index (χ1n) is 3.33. The van der Waals surface area contributed by atoms with E-state index in [1.54, 1.807) is 0 Å². The summed E-state index contributed by atoms with van der Waals surface area (Å²) in [6, 6.07) is 2.32. The molecule has 0 aliphatic heterocycles. The number of alkyl halides is 3. The molecule has 0 aliphatic carbocycles. The minimum atomic E-state index is -4.48. The fourth-order valence-electron chi connectivity index (χ4n) is 0.829. The molecule has 0 saturated carbocycles. The summed E-state index contributed by atoms with van der Waals surface area (Å²) >= 11 is 0. The molecular weight excluding hydrogens is 184 g/mol. The first-order valence-corrected chi connectivity index (χ1v) is 3.33. The number of hydrogen-bond donors (Lipinski definition) is 2. The second-order valence-corrected chi connectivity index (χ2v) is 2.40. The highest BCUT2D eigenvalue weighted by atomic mass is 19.4. The summed E-state index contributed by atoms with van der Waals surface area (Å²) in [6.45, 7) is 0. The third-order valence-electron chi connectivity index (χ3n) is 1.50. The molecular formula is C7H5BF3O2. The quantitative estimate of drug-likeness (QED) is 0.636. The van der Waals surface area contributed by atoms with Crippen molar-refractivity contribution < 1.29 is 23.3 Å². The van der Waals surface area contributed by atoms with Gasteiger partial charge in [0.05, 0.1) is 5.56 Å². The largest absolute Gasteiger partial charge is 0.508 e. The van der Waals surface area contributed by atoms with Crippen molar-refractivity contribution >= 4 is 12.9 Å². The van der Waals surface area contributed by atoms with Crippen LogP contribution in [0.5, 0.6) is 5.75 Å². The molecule has 1 radical (unpaired) electrons. The van der Waals surface area contributed by atoms with Gasteiger partial charge in [0.25, 0.3) is 0 Å². The Morgan fingerprint density at radius 3 is 2.23 bits per heavy atom. The first kappa shape index (κ1) is 9.92. The molecule has 0 amide bonds. The Labute approximate surface area is 72.9 Å². The third kappa shape index (κ3) is 2.15. The van der Waals surface area contributed by atoms with Crippen LogP contribution in [0.25, 0.3) is 0 Å². The highest BCUT2D eigenvalue weighted by Crippen LogP contribution is 2.30. The second-order valence-electron chi connectivity index (χ2n) is 2.40. The van der Waals surface area contributed by atoms with Gasteiger partial charge < -0.3 is 10.1 Å². The zero-order valence-electron chi connectivity index (χ0n) is 6.34. The van der Waals surface area contributed by atoms with Gasteiger partial charge in [-0.25, -0.2) is 0 Å². The van der Waals surface area contributed by atoms with Gasteiger partial charge in [0, 0.05) is 0 Å². The summed E-state index contributed by atoms with van der Waals surface area (Å²) in [7, 11) is 0.537. The van der Waals surface area contributed by atoms with Gasteiger partial charge in [0.2, 0.25) is 0 Å². The monoisotopic (exact) mass is 189 g/mol. The summed E-state index contributed by atoms with van der Waals surface area (Å²) in [5.41, 5.74) is -0.997. The Balaban J connectivity index is 3.10. The minimum Gasteiger partial charge on any atom is -0.508 e. The van der Waals surface area contributed by atoms with Gasteiger partial charge in [-0.1, -0.05) is 12.1 Å². The second kappa shape index (κ2) is 3.29. The number of aromatic hydroxyl groups is 1. The lowest BCUT2D eigenvalue weighted by Gasteiger charge is -2.07. The van der Waals surface area contributed by atoms with E-state index in [1.807, 2.05) is 0 Å². The van der Waals surface area contributed by atoms with E-state index in [2.05, 4.69) is 0 Å². The molecule has 0 bridgehead atoms. The first-order chi connectivity index (χ1) is 5.95. The van der Waals surface area contributed by atoms with E-state index < -0.39 is 17.5 Å². The molecule has 13 heavy (non-hydrogen) atoms. The van der Waals surface area contributed by atoms with E-state index in [4.69, 9.17) is 10.1 Å². The van der Waals surface area contributed by atoms with Crippen LogP contribution in [0.15, 0.2) is 18.2 Å². The maximum absolute atomic E-state index is 12.0. The van der Waals surface area contributed by atoms with Crippen molar-refractivity contribution in [2.45, 2.75) is 6.18 Å². The van der Waals surface area contributed by atoms with Crippen LogP contribution in [0, 0.1) is 0 Å². The molecule has 1 aromatic rings. The zero-order chi connectivity index (χ0) is 10.1. The zero-order valence-corrected chi connectivity index (χ0v) is 6.34. The van der Waals surface area contributed by atoms with Crippen LogP contribution in [-0.2, 0) is 6.18 Å². The highest BCUT2D eigenvalue weighted by molar-refractivity contribution is 6.46. The fraction of sp³-hybridized carbons (Fsp3) is 0.143. The standard InChI is InChI=1S/C7H5BF3O2/c9-7(10,11)4-1-2-5(8-13)6(12)3-4/h1-3,12-13H. The van der Waals surface area contributed by atoms with Crippen molar-refractivity contribution in [2.24, 2.45) is 0 Å². The molecule has 2 nitrogen and oxygen atoms in total. The lowest BCUT2D eigenvalue weighted by atomic mass is 9.87. The number of hydrogen-bond acceptors (Lipinski definition) is 2. The van der Waals surface area contributed by atoms with Gasteiger partial charge in [-0.05, 0) is 11.5 Å². The van der Waals surface area contributed by atoms with Gasteiger partial charge in [-0.3, -0.25) is 0 Å². The smallest absolute Gasteiger partial charge is 0.416 e. The van der Waals surface area contributed by atoms with E-state index in [1.165, 1.54) is 0 Å². The van der Waals surface area contributed by atoms with Crippen LogP contribution >= 0.6 is 0 Å². The van der Waals surface area contributed by atoms with Crippen LogP contribution in [0.1, 0.15) is 5.56 Å².